The highest BCUT2D eigenvalue weighted by Gasteiger charge is 2.26. The number of halogens is 2. The summed E-state index contributed by atoms with van der Waals surface area (Å²) >= 11 is 0. The van der Waals surface area contributed by atoms with E-state index < -0.39 is 5.97 Å². The van der Waals surface area contributed by atoms with E-state index in [0.29, 0.717) is 23.8 Å². The number of nitrogens with two attached hydrogens (primary N) is 1. The second kappa shape index (κ2) is 5.77. The van der Waals surface area contributed by atoms with Crippen molar-refractivity contribution in [1.82, 2.24) is 9.38 Å². The van der Waals surface area contributed by atoms with Gasteiger partial charge in [0.25, 0.3) is 0 Å². The van der Waals surface area contributed by atoms with Crippen LogP contribution in [0.5, 0.6) is 0 Å². The maximum atomic E-state index is 11.2. The lowest BCUT2D eigenvalue weighted by Gasteiger charge is -2.03. The Balaban J connectivity index is 0.000000902. The first kappa shape index (κ1) is 15.8. The van der Waals surface area contributed by atoms with Crippen LogP contribution < -0.4 is 5.73 Å². The molecule has 2 heterocycles. The van der Waals surface area contributed by atoms with Crippen molar-refractivity contribution < 1.29 is 9.90 Å². The largest absolute Gasteiger partial charge is 0.478 e. The molecule has 1 aliphatic rings. The summed E-state index contributed by atoms with van der Waals surface area (Å²) in [5, 5.41) is 9.21. The number of pyridine rings is 1. The van der Waals surface area contributed by atoms with Gasteiger partial charge in [-0.1, -0.05) is 0 Å². The van der Waals surface area contributed by atoms with Gasteiger partial charge in [0.2, 0.25) is 0 Å². The zero-order chi connectivity index (χ0) is 12.0. The fourth-order valence-electron chi connectivity index (χ4n) is 2.07. The van der Waals surface area contributed by atoms with Crippen LogP contribution in [0.2, 0.25) is 0 Å². The van der Waals surface area contributed by atoms with Crippen LogP contribution in [0.15, 0.2) is 18.5 Å². The van der Waals surface area contributed by atoms with Gasteiger partial charge in [-0.15, -0.1) is 24.8 Å². The van der Waals surface area contributed by atoms with Crippen molar-refractivity contribution in [2.45, 2.75) is 25.3 Å². The Morgan fingerprint density at radius 1 is 1.42 bits per heavy atom. The topological polar surface area (TPSA) is 80.6 Å². The van der Waals surface area contributed by atoms with Crippen molar-refractivity contribution in [3.05, 3.63) is 35.3 Å². The van der Waals surface area contributed by atoms with Crippen LogP contribution in [0, 0.1) is 0 Å². The SMILES string of the molecule is Cl.Cl.NCc1cn2cc(C3CC3)cc(C(=O)O)c2n1. The van der Waals surface area contributed by atoms with E-state index in [1.807, 2.05) is 6.20 Å². The molecule has 3 rings (SSSR count). The van der Waals surface area contributed by atoms with Crippen LogP contribution in [0.25, 0.3) is 5.65 Å². The molecule has 104 valence electrons. The van der Waals surface area contributed by atoms with Gasteiger partial charge in [-0.25, -0.2) is 9.78 Å². The Hall–Kier alpha value is -1.30. The van der Waals surface area contributed by atoms with Gasteiger partial charge in [0.15, 0.2) is 5.65 Å². The Labute approximate surface area is 122 Å². The normalized spacial score (nSPS) is 13.7. The molecule has 0 unspecified atom stereocenters. The van der Waals surface area contributed by atoms with Crippen molar-refractivity contribution in [3.8, 4) is 0 Å². The van der Waals surface area contributed by atoms with E-state index in [1.165, 1.54) is 0 Å². The minimum atomic E-state index is -0.938. The summed E-state index contributed by atoms with van der Waals surface area (Å²) < 4.78 is 1.78. The fourth-order valence-corrected chi connectivity index (χ4v) is 2.07. The lowest BCUT2D eigenvalue weighted by molar-refractivity contribution is 0.0698. The molecule has 5 nitrogen and oxygen atoms in total. The maximum absolute atomic E-state index is 11.2. The number of carboxylic acids is 1. The molecule has 2 aromatic rings. The average molecular weight is 304 g/mol. The zero-order valence-electron chi connectivity index (χ0n) is 10.1. The quantitative estimate of drug-likeness (QED) is 0.911. The molecule has 0 aliphatic heterocycles. The van der Waals surface area contributed by atoms with Crippen molar-refractivity contribution >= 4 is 36.4 Å². The highest BCUT2D eigenvalue weighted by molar-refractivity contribution is 5.94. The number of aromatic nitrogens is 2. The van der Waals surface area contributed by atoms with Crippen LogP contribution in [0.4, 0.5) is 0 Å². The molecule has 0 atom stereocenters. The number of fused-ring (bicyclic) bond motifs is 1. The van der Waals surface area contributed by atoms with Gasteiger partial charge < -0.3 is 15.2 Å². The van der Waals surface area contributed by atoms with Gasteiger partial charge in [-0.3, -0.25) is 0 Å². The Kier molecular flexibility index (Phi) is 4.79. The molecule has 3 N–H and O–H groups in total. The summed E-state index contributed by atoms with van der Waals surface area (Å²) in [7, 11) is 0. The highest BCUT2D eigenvalue weighted by atomic mass is 35.5. The molecule has 1 fully saturated rings. The van der Waals surface area contributed by atoms with Gasteiger partial charge in [-0.2, -0.15) is 0 Å². The Morgan fingerprint density at radius 2 is 2.11 bits per heavy atom. The predicted molar refractivity (Wildman–Crippen MR) is 76.5 cm³/mol. The average Bonchev–Trinajstić information content (AvgIpc) is 3.07. The van der Waals surface area contributed by atoms with E-state index >= 15 is 0 Å². The number of carboxylic acid groups (broad SMARTS) is 1. The van der Waals surface area contributed by atoms with E-state index in [9.17, 15) is 9.90 Å². The number of rotatable bonds is 3. The number of hydrogen-bond donors (Lipinski definition) is 2. The minimum absolute atomic E-state index is 0. The third kappa shape index (κ3) is 2.83. The molecule has 0 saturated heterocycles. The second-order valence-corrected chi connectivity index (χ2v) is 4.43. The van der Waals surface area contributed by atoms with Gasteiger partial charge in [-0.05, 0) is 30.4 Å². The van der Waals surface area contributed by atoms with Crippen LogP contribution in [0.3, 0.4) is 0 Å². The van der Waals surface area contributed by atoms with E-state index in [-0.39, 0.29) is 30.4 Å². The summed E-state index contributed by atoms with van der Waals surface area (Å²) in [6.07, 6.45) is 6.05. The first-order valence-electron chi connectivity index (χ1n) is 5.64. The van der Waals surface area contributed by atoms with Crippen LogP contribution in [-0.2, 0) is 6.54 Å². The van der Waals surface area contributed by atoms with Crippen molar-refractivity contribution in [1.29, 1.82) is 0 Å². The number of nitrogens with zero attached hydrogens (tertiary/aromatic N) is 2. The molecule has 1 aliphatic carbocycles. The van der Waals surface area contributed by atoms with E-state index in [2.05, 4.69) is 4.98 Å². The molecule has 0 radical (unpaired) electrons. The molecule has 0 amide bonds. The molecular formula is C12H15Cl2N3O2. The molecule has 2 aromatic heterocycles. The lowest BCUT2D eigenvalue weighted by Crippen LogP contribution is -2.02. The minimum Gasteiger partial charge on any atom is -0.478 e. The number of carbonyl (C=O) groups is 1. The van der Waals surface area contributed by atoms with Crippen molar-refractivity contribution in [2.24, 2.45) is 5.73 Å². The molecule has 7 heteroatoms. The maximum Gasteiger partial charge on any atom is 0.339 e. The Bertz CT molecular complexity index is 608. The summed E-state index contributed by atoms with van der Waals surface area (Å²) in [5.74, 6) is -0.423. The van der Waals surface area contributed by atoms with Gasteiger partial charge >= 0.3 is 5.97 Å². The van der Waals surface area contributed by atoms with E-state index in [1.54, 1.807) is 16.7 Å². The van der Waals surface area contributed by atoms with Gasteiger partial charge in [0.1, 0.15) is 5.56 Å². The molecule has 0 bridgehead atoms. The highest BCUT2D eigenvalue weighted by Crippen LogP contribution is 2.40. The third-order valence-corrected chi connectivity index (χ3v) is 3.11. The zero-order valence-corrected chi connectivity index (χ0v) is 11.7. The van der Waals surface area contributed by atoms with E-state index in [4.69, 9.17) is 5.73 Å². The molecular weight excluding hydrogens is 289 g/mol. The van der Waals surface area contributed by atoms with Crippen LogP contribution in [-0.4, -0.2) is 20.5 Å². The molecule has 1 saturated carbocycles. The smallest absolute Gasteiger partial charge is 0.339 e. The van der Waals surface area contributed by atoms with Crippen LogP contribution >= 0.6 is 24.8 Å². The monoisotopic (exact) mass is 303 g/mol. The summed E-state index contributed by atoms with van der Waals surface area (Å²) in [6.45, 7) is 0.319. The first-order valence-corrected chi connectivity index (χ1v) is 5.64. The predicted octanol–water partition coefficient (Wildman–Crippen LogP) is 2.21. The van der Waals surface area contributed by atoms with E-state index in [0.717, 1.165) is 18.4 Å². The first-order chi connectivity index (χ1) is 8.19. The molecule has 19 heavy (non-hydrogen) atoms. The fraction of sp³-hybridized carbons (Fsp3) is 0.333. The number of hydrogen-bond acceptors (Lipinski definition) is 3. The van der Waals surface area contributed by atoms with Gasteiger partial charge in [0.05, 0.1) is 5.69 Å². The number of aromatic carboxylic acids is 1. The van der Waals surface area contributed by atoms with Crippen LogP contribution in [0.1, 0.15) is 40.4 Å². The Morgan fingerprint density at radius 3 is 2.63 bits per heavy atom. The van der Waals surface area contributed by atoms with Gasteiger partial charge in [0, 0.05) is 18.9 Å². The van der Waals surface area contributed by atoms with Crippen molar-refractivity contribution in [2.75, 3.05) is 0 Å². The molecule has 0 aromatic carbocycles. The summed E-state index contributed by atoms with van der Waals surface area (Å²) in [6, 6.07) is 1.74. The third-order valence-electron chi connectivity index (χ3n) is 3.11. The molecule has 0 spiro atoms. The standard InChI is InChI=1S/C12H13N3O2.2ClH/c13-4-9-6-15-5-8(7-1-2-7)3-10(12(16)17)11(15)14-9;;/h3,5-7H,1-2,4,13H2,(H,16,17);2*1H. The number of imidazole rings is 1. The summed E-state index contributed by atoms with van der Waals surface area (Å²) in [5.41, 5.74) is 8.05. The second-order valence-electron chi connectivity index (χ2n) is 4.43. The van der Waals surface area contributed by atoms with Crippen molar-refractivity contribution in [3.63, 3.8) is 0 Å². The lowest BCUT2D eigenvalue weighted by atomic mass is 10.1. The summed E-state index contributed by atoms with van der Waals surface area (Å²) in [4.78, 5) is 15.5.